The molecule has 0 unspecified atom stereocenters. The van der Waals surface area contributed by atoms with Crippen LogP contribution >= 0.6 is 12.4 Å². The van der Waals surface area contributed by atoms with Gasteiger partial charge in [0, 0.05) is 12.5 Å². The van der Waals surface area contributed by atoms with Gasteiger partial charge >= 0.3 is 5.97 Å². The molecule has 1 heterocycles. The third-order valence-electron chi connectivity index (χ3n) is 5.13. The highest BCUT2D eigenvalue weighted by Gasteiger charge is 2.70. The number of piperidine rings is 1. The molecular formula is C15H27ClN2O3. The van der Waals surface area contributed by atoms with Crippen molar-refractivity contribution in [3.63, 3.8) is 0 Å². The zero-order valence-corrected chi connectivity index (χ0v) is 14.5. The molecule has 21 heavy (non-hydrogen) atoms. The van der Waals surface area contributed by atoms with Gasteiger partial charge in [0.2, 0.25) is 5.91 Å². The molecule has 6 heteroatoms. The molecule has 0 bridgehead atoms. The molecule has 2 fully saturated rings. The summed E-state index contributed by atoms with van der Waals surface area (Å²) < 4.78 is 4.90. The smallest absolute Gasteiger partial charge is 0.328 e. The Bertz CT molecular complexity index is 445. The van der Waals surface area contributed by atoms with Gasteiger partial charge in [0.1, 0.15) is 6.04 Å². The van der Waals surface area contributed by atoms with Gasteiger partial charge in [-0.15, -0.1) is 12.4 Å². The van der Waals surface area contributed by atoms with E-state index < -0.39 is 12.1 Å². The fourth-order valence-corrected chi connectivity index (χ4v) is 3.45. The van der Waals surface area contributed by atoms with Crippen LogP contribution in [0.5, 0.6) is 0 Å². The molecule has 122 valence electrons. The first-order chi connectivity index (χ1) is 9.03. The summed E-state index contributed by atoms with van der Waals surface area (Å²) in [4.78, 5) is 26.3. The van der Waals surface area contributed by atoms with Crippen LogP contribution in [0.25, 0.3) is 0 Å². The van der Waals surface area contributed by atoms with E-state index in [1.54, 1.807) is 4.90 Å². The van der Waals surface area contributed by atoms with E-state index in [0.29, 0.717) is 12.5 Å². The molecule has 0 radical (unpaired) electrons. The number of rotatable bonds is 2. The molecule has 1 saturated heterocycles. The second kappa shape index (κ2) is 5.43. The predicted octanol–water partition coefficient (Wildman–Crippen LogP) is 1.44. The van der Waals surface area contributed by atoms with E-state index in [1.807, 2.05) is 20.8 Å². The average molecular weight is 321 g/mol. The summed E-state index contributed by atoms with van der Waals surface area (Å²) in [6.45, 7) is 10.7. The van der Waals surface area contributed by atoms with Crippen molar-refractivity contribution in [3.8, 4) is 0 Å². The third-order valence-corrected chi connectivity index (χ3v) is 5.13. The number of hydrogen-bond donors (Lipinski definition) is 1. The number of fused-ring (bicyclic) bond motifs is 1. The van der Waals surface area contributed by atoms with E-state index in [1.165, 1.54) is 7.11 Å². The lowest BCUT2D eigenvalue weighted by Crippen LogP contribution is -2.55. The van der Waals surface area contributed by atoms with Crippen LogP contribution in [0.2, 0.25) is 0 Å². The standard InChI is InChI=1S/C15H26N2O3.ClH/c1-14(2,3)11(16)12(18)17-7-8-9(15(8,4)5)10(17)13(19)20-6;/h8-11H,7,16H2,1-6H3;1H/t8-,9-,10-,11+;/m0./s1/i12+2;. The zero-order valence-electron chi connectivity index (χ0n) is 13.7. The van der Waals surface area contributed by atoms with Crippen molar-refractivity contribution < 1.29 is 14.3 Å². The number of hydrogen-bond acceptors (Lipinski definition) is 4. The first kappa shape index (κ1) is 18.2. The molecule has 1 aliphatic carbocycles. The molecule has 2 rings (SSSR count). The van der Waals surface area contributed by atoms with Crippen molar-refractivity contribution in [2.75, 3.05) is 13.7 Å². The zero-order chi connectivity index (χ0) is 15.5. The van der Waals surface area contributed by atoms with Gasteiger partial charge in [0.15, 0.2) is 0 Å². The molecule has 1 aliphatic heterocycles. The summed E-state index contributed by atoms with van der Waals surface area (Å²) in [6.07, 6.45) is 0. The van der Waals surface area contributed by atoms with Crippen LogP contribution in [0.15, 0.2) is 0 Å². The number of carbonyl (C=O) groups is 2. The number of halogens is 1. The summed E-state index contributed by atoms with van der Waals surface area (Å²) in [7, 11) is 1.37. The van der Waals surface area contributed by atoms with Crippen molar-refractivity contribution in [2.24, 2.45) is 28.4 Å². The molecule has 0 aromatic carbocycles. The Balaban J connectivity index is 0.00000220. The van der Waals surface area contributed by atoms with E-state index >= 15 is 0 Å². The van der Waals surface area contributed by atoms with Crippen LogP contribution in [-0.2, 0) is 14.3 Å². The Morgan fingerprint density at radius 1 is 1.43 bits per heavy atom. The Morgan fingerprint density at radius 3 is 2.38 bits per heavy atom. The lowest BCUT2D eigenvalue weighted by Gasteiger charge is -2.35. The maximum atomic E-state index is 12.6. The fraction of sp³-hybridized carbons (Fsp3) is 0.867. The van der Waals surface area contributed by atoms with E-state index in [4.69, 9.17) is 10.5 Å². The van der Waals surface area contributed by atoms with Crippen LogP contribution in [0.3, 0.4) is 0 Å². The number of carbonyl (C=O) groups excluding carboxylic acids is 2. The van der Waals surface area contributed by atoms with Gasteiger partial charge < -0.3 is 15.4 Å². The van der Waals surface area contributed by atoms with Gasteiger partial charge in [-0.3, -0.25) is 4.79 Å². The summed E-state index contributed by atoms with van der Waals surface area (Å²) in [5.41, 5.74) is 5.86. The van der Waals surface area contributed by atoms with E-state index in [9.17, 15) is 9.59 Å². The molecule has 0 aromatic heterocycles. The third kappa shape index (κ3) is 2.78. The largest absolute Gasteiger partial charge is 0.467 e. The van der Waals surface area contributed by atoms with Crippen molar-refractivity contribution in [3.05, 3.63) is 0 Å². The highest BCUT2D eigenvalue weighted by Crippen LogP contribution is 2.65. The molecule has 4 atom stereocenters. The van der Waals surface area contributed by atoms with Crippen molar-refractivity contribution in [2.45, 2.75) is 46.7 Å². The van der Waals surface area contributed by atoms with E-state index in [2.05, 4.69) is 13.8 Å². The SMILES string of the molecule is COC(=O)[C@@H]1[C@@H]2[C@H](CN1[14C](=O)[C@@H](N)C(C)(C)C)C2(C)C.Cl. The number of methoxy groups -OCH3 is 1. The first-order valence-corrected chi connectivity index (χ1v) is 7.17. The van der Waals surface area contributed by atoms with E-state index in [-0.39, 0.29) is 41.0 Å². The normalized spacial score (nSPS) is 31.0. The van der Waals surface area contributed by atoms with Crippen molar-refractivity contribution in [1.29, 1.82) is 0 Å². The Kier molecular flexibility index (Phi) is 4.72. The molecule has 0 aromatic rings. The van der Waals surface area contributed by atoms with Crippen LogP contribution in [0.4, 0.5) is 0 Å². The number of esters is 1. The average Bonchev–Trinajstić information content (AvgIpc) is 2.75. The fourth-order valence-electron chi connectivity index (χ4n) is 3.45. The minimum absolute atomic E-state index is 0. The second-order valence-corrected chi connectivity index (χ2v) is 7.76. The molecule has 5 nitrogen and oxygen atoms in total. The summed E-state index contributed by atoms with van der Waals surface area (Å²) in [6, 6.07) is -1.07. The number of nitrogens with two attached hydrogens (primary N) is 1. The molecule has 1 saturated carbocycles. The number of nitrogens with zero attached hydrogens (tertiary/aromatic N) is 1. The van der Waals surface area contributed by atoms with Crippen LogP contribution in [0.1, 0.15) is 34.6 Å². The summed E-state index contributed by atoms with van der Waals surface area (Å²) >= 11 is 0. The highest BCUT2D eigenvalue weighted by atomic mass is 35.5. The minimum atomic E-state index is -0.602. The lowest BCUT2D eigenvalue weighted by molar-refractivity contribution is -0.154. The van der Waals surface area contributed by atoms with Crippen molar-refractivity contribution >= 4 is 24.3 Å². The van der Waals surface area contributed by atoms with E-state index in [0.717, 1.165) is 0 Å². The highest BCUT2D eigenvalue weighted by molar-refractivity contribution is 5.89. The van der Waals surface area contributed by atoms with Gasteiger partial charge in [-0.2, -0.15) is 0 Å². The van der Waals surface area contributed by atoms with Gasteiger partial charge in [-0.05, 0) is 16.7 Å². The number of amides is 1. The number of ether oxygens (including phenoxy) is 1. The Labute approximate surface area is 133 Å². The van der Waals surface area contributed by atoms with Gasteiger partial charge in [-0.25, -0.2) is 4.79 Å². The topological polar surface area (TPSA) is 72.6 Å². The molecule has 1 amide bonds. The molecule has 2 aliphatic rings. The first-order valence-electron chi connectivity index (χ1n) is 7.17. The van der Waals surface area contributed by atoms with Gasteiger partial charge in [-0.1, -0.05) is 34.6 Å². The van der Waals surface area contributed by atoms with Crippen LogP contribution in [0, 0.1) is 22.7 Å². The molecule has 2 N–H and O–H groups in total. The second-order valence-electron chi connectivity index (χ2n) is 7.76. The summed E-state index contributed by atoms with van der Waals surface area (Å²) in [5.74, 6) is 0.113. The molecule has 0 spiro atoms. The Morgan fingerprint density at radius 2 is 1.95 bits per heavy atom. The Hall–Kier alpha value is -0.810. The lowest BCUT2D eigenvalue weighted by atomic mass is 9.93. The monoisotopic (exact) mass is 320 g/mol. The van der Waals surface area contributed by atoms with Gasteiger partial charge in [0.05, 0.1) is 13.2 Å². The maximum Gasteiger partial charge on any atom is 0.328 e. The summed E-state index contributed by atoms with van der Waals surface area (Å²) in [5, 5.41) is 0. The predicted molar refractivity (Wildman–Crippen MR) is 83.0 cm³/mol. The van der Waals surface area contributed by atoms with Crippen molar-refractivity contribution in [1.82, 2.24) is 4.90 Å². The molecular weight excluding hydrogens is 294 g/mol. The maximum absolute atomic E-state index is 12.6. The minimum Gasteiger partial charge on any atom is -0.467 e. The van der Waals surface area contributed by atoms with Gasteiger partial charge in [0.25, 0.3) is 0 Å². The van der Waals surface area contributed by atoms with Crippen LogP contribution in [-0.4, -0.2) is 42.5 Å². The van der Waals surface area contributed by atoms with Crippen LogP contribution < -0.4 is 5.73 Å². The quantitative estimate of drug-likeness (QED) is 0.781. The number of likely N-dealkylation sites (tertiary alicyclic amines) is 1.